The van der Waals surface area contributed by atoms with E-state index in [-0.39, 0.29) is 12.6 Å². The lowest BCUT2D eigenvalue weighted by Gasteiger charge is -2.30. The number of aliphatic hydroxyl groups is 1. The molecule has 0 bridgehead atoms. The number of aliphatic hydroxyl groups excluding tert-OH is 1. The van der Waals surface area contributed by atoms with Gasteiger partial charge in [0, 0.05) is 31.8 Å². The van der Waals surface area contributed by atoms with Crippen LogP contribution in [0.15, 0.2) is 0 Å². The summed E-state index contributed by atoms with van der Waals surface area (Å²) in [5, 5.41) is 8.82. The van der Waals surface area contributed by atoms with Gasteiger partial charge in [-0.25, -0.2) is 0 Å². The van der Waals surface area contributed by atoms with Crippen LogP contribution < -0.4 is 5.73 Å². The van der Waals surface area contributed by atoms with Crippen molar-refractivity contribution in [3.63, 3.8) is 0 Å². The van der Waals surface area contributed by atoms with Gasteiger partial charge in [-0.3, -0.25) is 4.90 Å². The molecule has 1 aliphatic heterocycles. The fourth-order valence-electron chi connectivity index (χ4n) is 2.25. The zero-order chi connectivity index (χ0) is 11.3. The van der Waals surface area contributed by atoms with E-state index in [0.29, 0.717) is 12.5 Å². The van der Waals surface area contributed by atoms with Gasteiger partial charge >= 0.3 is 0 Å². The first-order valence-electron chi connectivity index (χ1n) is 5.92. The second-order valence-electron chi connectivity index (χ2n) is 4.73. The molecular weight excluding hydrogens is 190 g/mol. The minimum Gasteiger partial charge on any atom is -0.396 e. The molecule has 90 valence electrons. The number of nitrogens with two attached hydrogens (primary N) is 1. The summed E-state index contributed by atoms with van der Waals surface area (Å²) >= 11 is 0. The molecule has 0 amide bonds. The average Bonchev–Trinajstić information content (AvgIpc) is 2.29. The molecule has 1 aliphatic rings. The molecule has 1 saturated heterocycles. The van der Waals surface area contributed by atoms with Crippen LogP contribution in [0, 0.1) is 0 Å². The van der Waals surface area contributed by atoms with Crippen LogP contribution in [-0.4, -0.2) is 66.8 Å². The zero-order valence-corrected chi connectivity index (χ0v) is 10.0. The summed E-state index contributed by atoms with van der Waals surface area (Å²) < 4.78 is 0. The normalized spacial score (nSPS) is 27.6. The maximum absolute atomic E-state index is 8.82. The molecule has 0 radical (unpaired) electrons. The molecule has 1 fully saturated rings. The molecule has 4 heteroatoms. The fourth-order valence-corrected chi connectivity index (χ4v) is 2.25. The first-order valence-corrected chi connectivity index (χ1v) is 5.92. The lowest BCUT2D eigenvalue weighted by atomic mass is 10.2. The van der Waals surface area contributed by atoms with E-state index in [1.165, 1.54) is 13.0 Å². The van der Waals surface area contributed by atoms with Crippen LogP contribution in [0.5, 0.6) is 0 Å². The highest BCUT2D eigenvalue weighted by atomic mass is 16.3. The standard InChI is InChI=1S/C11H25N3O/c1-10-8-13(2)5-3-6-14(10)9-11(12)4-7-15/h10-11,15H,3-9,12H2,1-2H3. The highest BCUT2D eigenvalue weighted by Gasteiger charge is 2.20. The van der Waals surface area contributed by atoms with Crippen LogP contribution >= 0.6 is 0 Å². The summed E-state index contributed by atoms with van der Waals surface area (Å²) in [6, 6.07) is 0.683. The summed E-state index contributed by atoms with van der Waals surface area (Å²) in [6.07, 6.45) is 1.92. The molecule has 3 N–H and O–H groups in total. The minimum absolute atomic E-state index is 0.112. The lowest BCUT2D eigenvalue weighted by Crippen LogP contribution is -2.44. The van der Waals surface area contributed by atoms with Crippen LogP contribution in [0.1, 0.15) is 19.8 Å². The maximum atomic E-state index is 8.82. The Bertz CT molecular complexity index is 177. The Morgan fingerprint density at radius 1 is 1.47 bits per heavy atom. The Balaban J connectivity index is 2.38. The topological polar surface area (TPSA) is 52.7 Å². The largest absolute Gasteiger partial charge is 0.396 e. The third-order valence-electron chi connectivity index (χ3n) is 3.15. The number of likely N-dealkylation sites (N-methyl/N-ethyl adjacent to an activating group) is 1. The summed E-state index contributed by atoms with van der Waals surface area (Å²) in [6.45, 7) is 6.79. The third kappa shape index (κ3) is 4.47. The van der Waals surface area contributed by atoms with Crippen molar-refractivity contribution in [2.75, 3.05) is 39.8 Å². The highest BCUT2D eigenvalue weighted by molar-refractivity contribution is 4.78. The number of rotatable bonds is 4. The van der Waals surface area contributed by atoms with Crippen LogP contribution in [-0.2, 0) is 0 Å². The number of hydrogen-bond donors (Lipinski definition) is 2. The van der Waals surface area contributed by atoms with Crippen LogP contribution in [0.2, 0.25) is 0 Å². The summed E-state index contributed by atoms with van der Waals surface area (Å²) in [5.74, 6) is 0. The van der Waals surface area contributed by atoms with E-state index in [1.54, 1.807) is 0 Å². The molecule has 0 aromatic rings. The van der Waals surface area contributed by atoms with Crippen LogP contribution in [0.4, 0.5) is 0 Å². The second-order valence-corrected chi connectivity index (χ2v) is 4.73. The van der Waals surface area contributed by atoms with Gasteiger partial charge < -0.3 is 15.7 Å². The summed E-state index contributed by atoms with van der Waals surface area (Å²) in [4.78, 5) is 4.83. The van der Waals surface area contributed by atoms with E-state index in [1.807, 2.05) is 0 Å². The first-order chi connectivity index (χ1) is 7.13. The lowest BCUT2D eigenvalue weighted by molar-refractivity contribution is 0.179. The molecule has 1 rings (SSSR count). The molecule has 1 heterocycles. The Labute approximate surface area is 93.0 Å². The molecular formula is C11H25N3O. The average molecular weight is 215 g/mol. The first kappa shape index (κ1) is 12.9. The predicted octanol–water partition coefficient (Wildman–Crippen LogP) is -0.278. The predicted molar refractivity (Wildman–Crippen MR) is 62.8 cm³/mol. The van der Waals surface area contributed by atoms with Crippen molar-refractivity contribution >= 4 is 0 Å². The maximum Gasteiger partial charge on any atom is 0.0446 e. The molecule has 0 saturated carbocycles. The van der Waals surface area contributed by atoms with Crippen LogP contribution in [0.3, 0.4) is 0 Å². The van der Waals surface area contributed by atoms with E-state index >= 15 is 0 Å². The van der Waals surface area contributed by atoms with Gasteiger partial charge in [0.05, 0.1) is 0 Å². The SMILES string of the molecule is CC1CN(C)CCCN1CC(N)CCO. The van der Waals surface area contributed by atoms with E-state index in [4.69, 9.17) is 10.8 Å². The van der Waals surface area contributed by atoms with Gasteiger partial charge in [-0.1, -0.05) is 0 Å². The Kier molecular flexibility index (Phi) is 5.53. The summed E-state index contributed by atoms with van der Waals surface area (Å²) in [7, 11) is 2.17. The number of nitrogens with zero attached hydrogens (tertiary/aromatic N) is 2. The van der Waals surface area contributed by atoms with Crippen molar-refractivity contribution in [3.8, 4) is 0 Å². The van der Waals surface area contributed by atoms with Crippen molar-refractivity contribution < 1.29 is 5.11 Å². The van der Waals surface area contributed by atoms with Crippen LogP contribution in [0.25, 0.3) is 0 Å². The fraction of sp³-hybridized carbons (Fsp3) is 1.00. The minimum atomic E-state index is 0.112. The van der Waals surface area contributed by atoms with E-state index in [0.717, 1.165) is 19.6 Å². The Morgan fingerprint density at radius 2 is 2.20 bits per heavy atom. The van der Waals surface area contributed by atoms with Gasteiger partial charge in [-0.05, 0) is 39.9 Å². The van der Waals surface area contributed by atoms with Crippen molar-refractivity contribution in [3.05, 3.63) is 0 Å². The van der Waals surface area contributed by atoms with Gasteiger partial charge in [0.25, 0.3) is 0 Å². The summed E-state index contributed by atoms with van der Waals surface area (Å²) in [5.41, 5.74) is 5.95. The quantitative estimate of drug-likeness (QED) is 0.677. The zero-order valence-electron chi connectivity index (χ0n) is 10.0. The molecule has 15 heavy (non-hydrogen) atoms. The van der Waals surface area contributed by atoms with Crippen molar-refractivity contribution in [1.29, 1.82) is 0 Å². The van der Waals surface area contributed by atoms with E-state index in [2.05, 4.69) is 23.8 Å². The highest BCUT2D eigenvalue weighted by Crippen LogP contribution is 2.09. The molecule has 4 nitrogen and oxygen atoms in total. The van der Waals surface area contributed by atoms with Gasteiger partial charge in [-0.2, -0.15) is 0 Å². The Morgan fingerprint density at radius 3 is 2.87 bits per heavy atom. The van der Waals surface area contributed by atoms with Gasteiger partial charge in [0.2, 0.25) is 0 Å². The number of hydrogen-bond acceptors (Lipinski definition) is 4. The molecule has 0 aromatic heterocycles. The smallest absolute Gasteiger partial charge is 0.0446 e. The molecule has 2 unspecified atom stereocenters. The van der Waals surface area contributed by atoms with E-state index < -0.39 is 0 Å². The monoisotopic (exact) mass is 215 g/mol. The van der Waals surface area contributed by atoms with Crippen molar-refractivity contribution in [2.24, 2.45) is 5.73 Å². The van der Waals surface area contributed by atoms with Crippen molar-refractivity contribution in [1.82, 2.24) is 9.80 Å². The van der Waals surface area contributed by atoms with E-state index in [9.17, 15) is 0 Å². The third-order valence-corrected chi connectivity index (χ3v) is 3.15. The molecule has 0 spiro atoms. The van der Waals surface area contributed by atoms with Crippen molar-refractivity contribution in [2.45, 2.75) is 31.8 Å². The van der Waals surface area contributed by atoms with Gasteiger partial charge in [-0.15, -0.1) is 0 Å². The molecule has 2 atom stereocenters. The second kappa shape index (κ2) is 6.43. The Hall–Kier alpha value is -0.160. The van der Waals surface area contributed by atoms with Gasteiger partial charge in [0.1, 0.15) is 0 Å². The molecule has 0 aromatic carbocycles. The van der Waals surface area contributed by atoms with Gasteiger partial charge in [0.15, 0.2) is 0 Å². The molecule has 0 aliphatic carbocycles.